The summed E-state index contributed by atoms with van der Waals surface area (Å²) >= 11 is 0. The highest BCUT2D eigenvalue weighted by atomic mass is 16.6. The first-order valence-electron chi connectivity index (χ1n) is 9.37. The Hall–Kier alpha value is -3.80. The second kappa shape index (κ2) is 8.69. The lowest BCUT2D eigenvalue weighted by Crippen LogP contribution is -2.20. The van der Waals surface area contributed by atoms with E-state index in [2.05, 4.69) is 19.2 Å². The van der Waals surface area contributed by atoms with Gasteiger partial charge in [0.1, 0.15) is 11.5 Å². The molecular weight excluding hydrogens is 382 g/mol. The molecule has 154 valence electrons. The second-order valence-electron chi connectivity index (χ2n) is 7.25. The van der Waals surface area contributed by atoms with E-state index >= 15 is 0 Å². The summed E-state index contributed by atoms with van der Waals surface area (Å²) in [5, 5.41) is 11.5. The molecule has 0 bridgehead atoms. The Morgan fingerprint density at radius 3 is 2.13 bits per heavy atom. The molecule has 0 saturated heterocycles. The van der Waals surface area contributed by atoms with Gasteiger partial charge in [0.25, 0.3) is 0 Å². The fourth-order valence-electron chi connectivity index (χ4n) is 3.20. The molecule has 0 fully saturated rings. The van der Waals surface area contributed by atoms with Crippen LogP contribution in [0.4, 0.5) is 10.5 Å². The van der Waals surface area contributed by atoms with Crippen LogP contribution in [-0.2, 0) is 5.41 Å². The predicted octanol–water partition coefficient (Wildman–Crippen LogP) is 5.33. The standard InChI is InChI=1S/C24H23NO5/c1-24(2,20-6-4-5-7-21(20)29-3)17-10-14-19(15-11-17)30-23(28)25-18-12-8-16(9-13-18)22(26)27/h4-15H,1-3H3,(H,25,28)(H,26,27). The number of para-hydroxylation sites is 1. The van der Waals surface area contributed by atoms with Crippen LogP contribution in [0.5, 0.6) is 11.5 Å². The van der Waals surface area contributed by atoms with Crippen molar-refractivity contribution in [3.05, 3.63) is 89.5 Å². The van der Waals surface area contributed by atoms with Gasteiger partial charge in [0.15, 0.2) is 0 Å². The number of carbonyl (C=O) groups is 2. The van der Waals surface area contributed by atoms with Gasteiger partial charge in [-0.15, -0.1) is 0 Å². The highest BCUT2D eigenvalue weighted by Crippen LogP contribution is 2.37. The fraction of sp³-hybridized carbons (Fsp3) is 0.167. The smallest absolute Gasteiger partial charge is 0.417 e. The molecule has 0 atom stereocenters. The monoisotopic (exact) mass is 405 g/mol. The third-order valence-corrected chi connectivity index (χ3v) is 4.95. The lowest BCUT2D eigenvalue weighted by molar-refractivity contribution is 0.0697. The van der Waals surface area contributed by atoms with E-state index in [1.54, 1.807) is 19.2 Å². The normalized spacial score (nSPS) is 10.9. The van der Waals surface area contributed by atoms with Gasteiger partial charge < -0.3 is 14.6 Å². The zero-order valence-electron chi connectivity index (χ0n) is 17.0. The number of aromatic carboxylic acids is 1. The summed E-state index contributed by atoms with van der Waals surface area (Å²) in [5.74, 6) is 0.186. The third kappa shape index (κ3) is 4.60. The lowest BCUT2D eigenvalue weighted by Gasteiger charge is -2.28. The molecule has 6 nitrogen and oxygen atoms in total. The van der Waals surface area contributed by atoms with Crippen LogP contribution in [0.2, 0.25) is 0 Å². The number of ether oxygens (including phenoxy) is 2. The first-order chi connectivity index (χ1) is 14.3. The van der Waals surface area contributed by atoms with Crippen LogP contribution in [-0.4, -0.2) is 24.3 Å². The largest absolute Gasteiger partial charge is 0.496 e. The van der Waals surface area contributed by atoms with Crippen LogP contribution >= 0.6 is 0 Å². The molecule has 0 heterocycles. The number of carboxylic acid groups (broad SMARTS) is 1. The SMILES string of the molecule is COc1ccccc1C(C)(C)c1ccc(OC(=O)Nc2ccc(C(=O)O)cc2)cc1. The van der Waals surface area contributed by atoms with Gasteiger partial charge in [-0.1, -0.05) is 44.2 Å². The zero-order chi connectivity index (χ0) is 21.7. The molecule has 0 saturated carbocycles. The van der Waals surface area contributed by atoms with Crippen molar-refractivity contribution in [3.63, 3.8) is 0 Å². The molecule has 0 radical (unpaired) electrons. The van der Waals surface area contributed by atoms with Gasteiger partial charge in [-0.3, -0.25) is 5.32 Å². The molecule has 0 spiro atoms. The second-order valence-corrected chi connectivity index (χ2v) is 7.25. The molecule has 3 aromatic carbocycles. The van der Waals surface area contributed by atoms with Crippen molar-refractivity contribution in [1.82, 2.24) is 0 Å². The maximum Gasteiger partial charge on any atom is 0.417 e. The zero-order valence-corrected chi connectivity index (χ0v) is 17.0. The maximum absolute atomic E-state index is 12.1. The number of benzene rings is 3. The summed E-state index contributed by atoms with van der Waals surface area (Å²) in [6.07, 6.45) is -0.658. The molecule has 0 aliphatic carbocycles. The minimum atomic E-state index is -1.03. The van der Waals surface area contributed by atoms with Gasteiger partial charge >= 0.3 is 12.1 Å². The van der Waals surface area contributed by atoms with Crippen LogP contribution < -0.4 is 14.8 Å². The number of hydrogen-bond donors (Lipinski definition) is 2. The minimum Gasteiger partial charge on any atom is -0.496 e. The van der Waals surface area contributed by atoms with E-state index in [0.29, 0.717) is 11.4 Å². The van der Waals surface area contributed by atoms with Crippen molar-refractivity contribution in [2.75, 3.05) is 12.4 Å². The van der Waals surface area contributed by atoms with Crippen LogP contribution in [0.1, 0.15) is 35.3 Å². The molecule has 0 aliphatic heterocycles. The Morgan fingerprint density at radius 1 is 0.900 bits per heavy atom. The molecule has 3 aromatic rings. The number of hydrogen-bond acceptors (Lipinski definition) is 4. The Kier molecular flexibility index (Phi) is 6.06. The summed E-state index contributed by atoms with van der Waals surface area (Å²) in [4.78, 5) is 23.0. The molecule has 0 aromatic heterocycles. The van der Waals surface area contributed by atoms with Gasteiger partial charge in [-0.25, -0.2) is 9.59 Å². The van der Waals surface area contributed by atoms with Gasteiger partial charge in [0.05, 0.1) is 12.7 Å². The maximum atomic E-state index is 12.1. The van der Waals surface area contributed by atoms with Crippen LogP contribution in [0.15, 0.2) is 72.8 Å². The van der Waals surface area contributed by atoms with Crippen LogP contribution in [0, 0.1) is 0 Å². The summed E-state index contributed by atoms with van der Waals surface area (Å²) in [7, 11) is 1.65. The Labute approximate surface area is 175 Å². The third-order valence-electron chi connectivity index (χ3n) is 4.95. The van der Waals surface area contributed by atoms with E-state index in [-0.39, 0.29) is 11.0 Å². The first kappa shape index (κ1) is 20.9. The molecule has 30 heavy (non-hydrogen) atoms. The predicted molar refractivity (Wildman–Crippen MR) is 115 cm³/mol. The molecule has 1 amide bonds. The molecule has 0 unspecified atom stereocenters. The summed E-state index contributed by atoms with van der Waals surface area (Å²) in [5.41, 5.74) is 2.38. The quantitative estimate of drug-likeness (QED) is 0.579. The Morgan fingerprint density at radius 2 is 1.53 bits per heavy atom. The summed E-state index contributed by atoms with van der Waals surface area (Å²) in [6.45, 7) is 4.21. The summed E-state index contributed by atoms with van der Waals surface area (Å²) < 4.78 is 10.8. The van der Waals surface area contributed by atoms with Gasteiger partial charge in [-0.05, 0) is 48.0 Å². The fourth-order valence-corrected chi connectivity index (χ4v) is 3.20. The van der Waals surface area contributed by atoms with Crippen molar-refractivity contribution in [2.24, 2.45) is 0 Å². The lowest BCUT2D eigenvalue weighted by atomic mass is 9.77. The number of carbonyl (C=O) groups excluding carboxylic acids is 1. The van der Waals surface area contributed by atoms with E-state index < -0.39 is 12.1 Å². The van der Waals surface area contributed by atoms with Crippen LogP contribution in [0.3, 0.4) is 0 Å². The number of amides is 1. The molecule has 2 N–H and O–H groups in total. The molecule has 3 rings (SSSR count). The topological polar surface area (TPSA) is 84.9 Å². The number of methoxy groups -OCH3 is 1. The van der Waals surface area contributed by atoms with E-state index in [1.807, 2.05) is 36.4 Å². The first-order valence-corrected chi connectivity index (χ1v) is 9.37. The highest BCUT2D eigenvalue weighted by Gasteiger charge is 2.26. The van der Waals surface area contributed by atoms with Crippen LogP contribution in [0.25, 0.3) is 0 Å². The van der Waals surface area contributed by atoms with E-state index in [1.165, 1.54) is 24.3 Å². The molecule has 0 aliphatic rings. The number of carboxylic acids is 1. The van der Waals surface area contributed by atoms with Gasteiger partial charge in [-0.2, -0.15) is 0 Å². The van der Waals surface area contributed by atoms with Crippen molar-refractivity contribution in [1.29, 1.82) is 0 Å². The average molecular weight is 405 g/mol. The number of rotatable bonds is 6. The van der Waals surface area contributed by atoms with E-state index in [4.69, 9.17) is 14.6 Å². The molecular formula is C24H23NO5. The number of anilines is 1. The van der Waals surface area contributed by atoms with Crippen molar-refractivity contribution in [3.8, 4) is 11.5 Å². The van der Waals surface area contributed by atoms with E-state index in [0.717, 1.165) is 16.9 Å². The Balaban J connectivity index is 1.69. The van der Waals surface area contributed by atoms with Gasteiger partial charge in [0.2, 0.25) is 0 Å². The summed E-state index contributed by atoms with van der Waals surface area (Å²) in [6, 6.07) is 21.0. The number of nitrogens with one attached hydrogen (secondary N) is 1. The van der Waals surface area contributed by atoms with Crippen molar-refractivity contribution < 1.29 is 24.2 Å². The highest BCUT2D eigenvalue weighted by molar-refractivity contribution is 5.90. The molecule has 6 heteroatoms. The van der Waals surface area contributed by atoms with Crippen molar-refractivity contribution >= 4 is 17.7 Å². The van der Waals surface area contributed by atoms with E-state index in [9.17, 15) is 9.59 Å². The van der Waals surface area contributed by atoms with Gasteiger partial charge in [0, 0.05) is 16.7 Å². The Bertz CT molecular complexity index is 1040. The minimum absolute atomic E-state index is 0.141. The average Bonchev–Trinajstić information content (AvgIpc) is 2.74. The van der Waals surface area contributed by atoms with Crippen molar-refractivity contribution in [2.45, 2.75) is 19.3 Å².